The van der Waals surface area contributed by atoms with Crippen LogP contribution in [0.4, 0.5) is 0 Å². The lowest BCUT2D eigenvalue weighted by atomic mass is 9.86. The second kappa shape index (κ2) is 8.39. The Bertz CT molecular complexity index is 1080. The Balaban J connectivity index is 2.30. The summed E-state index contributed by atoms with van der Waals surface area (Å²) in [6.45, 7) is 3.99. The number of carbonyl (C=O) groups is 1. The Morgan fingerprint density at radius 2 is 1.79 bits per heavy atom. The molecule has 1 atom stereocenters. The van der Waals surface area contributed by atoms with Gasteiger partial charge in [-0.05, 0) is 12.3 Å². The van der Waals surface area contributed by atoms with E-state index in [1.807, 2.05) is 32.0 Å². The zero-order valence-corrected chi connectivity index (χ0v) is 16.6. The zero-order valence-electron chi connectivity index (χ0n) is 16.6. The van der Waals surface area contributed by atoms with Crippen LogP contribution in [0, 0.1) is 5.92 Å². The van der Waals surface area contributed by atoms with Crippen LogP contribution >= 0.6 is 0 Å². The van der Waals surface area contributed by atoms with Crippen LogP contribution in [-0.4, -0.2) is 23.3 Å². The molecule has 3 aromatic rings. The fourth-order valence-corrected chi connectivity index (χ4v) is 3.62. The van der Waals surface area contributed by atoms with Crippen molar-refractivity contribution in [2.24, 2.45) is 5.92 Å². The second-order valence-electron chi connectivity index (χ2n) is 7.48. The van der Waals surface area contributed by atoms with Gasteiger partial charge < -0.3 is 19.4 Å². The van der Waals surface area contributed by atoms with Gasteiger partial charge in [-0.25, -0.2) is 0 Å². The highest BCUT2D eigenvalue weighted by molar-refractivity contribution is 5.90. The third-order valence-electron chi connectivity index (χ3n) is 4.86. The van der Waals surface area contributed by atoms with E-state index >= 15 is 0 Å². The number of fused-ring (bicyclic) bond motifs is 1. The lowest BCUT2D eigenvalue weighted by Crippen LogP contribution is -2.13. The van der Waals surface area contributed by atoms with Crippen molar-refractivity contribution in [3.05, 3.63) is 58.3 Å². The first-order valence-electron chi connectivity index (χ1n) is 9.46. The molecule has 0 saturated carbocycles. The summed E-state index contributed by atoms with van der Waals surface area (Å²) in [5.74, 6) is -0.945. The first kappa shape index (κ1) is 20.5. The third kappa shape index (κ3) is 4.26. The normalized spacial score (nSPS) is 12.3. The Labute approximate surface area is 168 Å². The molecule has 0 aliphatic rings. The number of rotatable bonds is 6. The van der Waals surface area contributed by atoms with E-state index in [0.717, 1.165) is 6.07 Å². The Morgan fingerprint density at radius 1 is 1.10 bits per heavy atom. The first-order valence-corrected chi connectivity index (χ1v) is 9.46. The average Bonchev–Trinajstić information content (AvgIpc) is 2.67. The van der Waals surface area contributed by atoms with E-state index in [2.05, 4.69) is 0 Å². The monoisotopic (exact) mass is 396 g/mol. The van der Waals surface area contributed by atoms with E-state index in [-0.39, 0.29) is 34.8 Å². The summed E-state index contributed by atoms with van der Waals surface area (Å²) in [7, 11) is 1.30. The number of esters is 1. The summed E-state index contributed by atoms with van der Waals surface area (Å²) in [5, 5.41) is 20.9. The summed E-state index contributed by atoms with van der Waals surface area (Å²) in [5.41, 5.74) is 0.675. The van der Waals surface area contributed by atoms with Gasteiger partial charge in [-0.2, -0.15) is 0 Å². The second-order valence-corrected chi connectivity index (χ2v) is 7.48. The molecular formula is C23H24O6. The number of benzene rings is 2. The molecule has 0 aliphatic heterocycles. The van der Waals surface area contributed by atoms with E-state index in [0.29, 0.717) is 23.3 Å². The minimum atomic E-state index is -0.445. The maximum absolute atomic E-state index is 12.8. The van der Waals surface area contributed by atoms with Crippen LogP contribution < -0.4 is 5.43 Å². The SMILES string of the molecule is COC(=O)CC(CC(C)C)c1c(O)cc(O)c2c(=O)cc(-c3ccccc3)oc12. The number of methoxy groups -OCH3 is 1. The van der Waals surface area contributed by atoms with Crippen LogP contribution in [0.1, 0.15) is 38.2 Å². The molecule has 6 heteroatoms. The van der Waals surface area contributed by atoms with Crippen molar-refractivity contribution in [2.45, 2.75) is 32.6 Å². The van der Waals surface area contributed by atoms with Gasteiger partial charge >= 0.3 is 5.97 Å². The molecule has 2 aromatic carbocycles. The van der Waals surface area contributed by atoms with Crippen LogP contribution in [0.15, 0.2) is 51.7 Å². The molecule has 0 fully saturated rings. The lowest BCUT2D eigenvalue weighted by molar-refractivity contribution is -0.141. The van der Waals surface area contributed by atoms with Crippen molar-refractivity contribution >= 4 is 16.9 Å². The Hall–Kier alpha value is -3.28. The van der Waals surface area contributed by atoms with E-state index in [1.165, 1.54) is 13.2 Å². The highest BCUT2D eigenvalue weighted by Crippen LogP contribution is 2.42. The predicted octanol–water partition coefficient (Wildman–Crippen LogP) is 4.56. The average molecular weight is 396 g/mol. The standard InChI is InChI=1S/C23H24O6/c1-13(2)9-15(10-20(27)28-3)21-16(24)11-17(25)22-18(26)12-19(29-23(21)22)14-7-5-4-6-8-14/h4-8,11-13,15,24-25H,9-10H2,1-3H3. The van der Waals surface area contributed by atoms with Crippen LogP contribution in [0.25, 0.3) is 22.3 Å². The molecule has 0 bridgehead atoms. The summed E-state index contributed by atoms with van der Waals surface area (Å²) in [6, 6.07) is 11.5. The summed E-state index contributed by atoms with van der Waals surface area (Å²) in [4.78, 5) is 24.8. The third-order valence-corrected chi connectivity index (χ3v) is 4.86. The number of hydrogen-bond acceptors (Lipinski definition) is 6. The molecule has 0 amide bonds. The topological polar surface area (TPSA) is 97.0 Å². The maximum atomic E-state index is 12.8. The number of phenols is 2. The highest BCUT2D eigenvalue weighted by Gasteiger charge is 2.27. The summed E-state index contributed by atoms with van der Waals surface area (Å²) < 4.78 is 10.8. The fraction of sp³-hybridized carbons (Fsp3) is 0.304. The van der Waals surface area contributed by atoms with Crippen molar-refractivity contribution in [2.75, 3.05) is 7.11 Å². The minimum absolute atomic E-state index is 0.0153. The van der Waals surface area contributed by atoms with Gasteiger partial charge in [0.2, 0.25) is 0 Å². The lowest BCUT2D eigenvalue weighted by Gasteiger charge is -2.21. The van der Waals surface area contributed by atoms with E-state index in [9.17, 15) is 19.8 Å². The van der Waals surface area contributed by atoms with Gasteiger partial charge in [-0.1, -0.05) is 44.2 Å². The molecule has 3 rings (SSSR count). The molecule has 1 heterocycles. The van der Waals surface area contributed by atoms with Crippen molar-refractivity contribution in [3.63, 3.8) is 0 Å². The molecule has 0 aliphatic carbocycles. The van der Waals surface area contributed by atoms with Gasteiger partial charge in [0.15, 0.2) is 5.43 Å². The van der Waals surface area contributed by atoms with Crippen LogP contribution in [-0.2, 0) is 9.53 Å². The molecule has 6 nitrogen and oxygen atoms in total. The van der Waals surface area contributed by atoms with Crippen LogP contribution in [0.2, 0.25) is 0 Å². The van der Waals surface area contributed by atoms with Crippen LogP contribution in [0.3, 0.4) is 0 Å². The number of hydrogen-bond donors (Lipinski definition) is 2. The molecule has 0 radical (unpaired) electrons. The van der Waals surface area contributed by atoms with E-state index < -0.39 is 17.3 Å². The fourth-order valence-electron chi connectivity index (χ4n) is 3.62. The number of ether oxygens (including phenoxy) is 1. The highest BCUT2D eigenvalue weighted by atomic mass is 16.5. The van der Waals surface area contributed by atoms with Gasteiger partial charge in [0, 0.05) is 29.2 Å². The number of phenolic OH excluding ortho intramolecular Hbond substituents is 2. The molecule has 152 valence electrons. The molecular weight excluding hydrogens is 372 g/mol. The molecule has 0 saturated heterocycles. The van der Waals surface area contributed by atoms with E-state index in [1.54, 1.807) is 12.1 Å². The van der Waals surface area contributed by atoms with Gasteiger partial charge in [0.1, 0.15) is 28.2 Å². The van der Waals surface area contributed by atoms with Crippen molar-refractivity contribution in [1.29, 1.82) is 0 Å². The smallest absolute Gasteiger partial charge is 0.306 e. The van der Waals surface area contributed by atoms with Gasteiger partial charge in [-0.15, -0.1) is 0 Å². The van der Waals surface area contributed by atoms with Crippen molar-refractivity contribution in [1.82, 2.24) is 0 Å². The molecule has 29 heavy (non-hydrogen) atoms. The molecule has 1 unspecified atom stereocenters. The van der Waals surface area contributed by atoms with Crippen LogP contribution in [0.5, 0.6) is 11.5 Å². The Morgan fingerprint density at radius 3 is 2.41 bits per heavy atom. The van der Waals surface area contributed by atoms with Gasteiger partial charge in [0.05, 0.1) is 13.5 Å². The molecule has 1 aromatic heterocycles. The molecule has 0 spiro atoms. The first-order chi connectivity index (χ1) is 13.8. The van der Waals surface area contributed by atoms with E-state index in [4.69, 9.17) is 9.15 Å². The summed E-state index contributed by atoms with van der Waals surface area (Å²) >= 11 is 0. The number of carbonyl (C=O) groups excluding carboxylic acids is 1. The largest absolute Gasteiger partial charge is 0.507 e. The molecule has 2 N–H and O–H groups in total. The summed E-state index contributed by atoms with van der Waals surface area (Å²) in [6.07, 6.45) is 0.573. The minimum Gasteiger partial charge on any atom is -0.507 e. The Kier molecular flexibility index (Phi) is 5.92. The van der Waals surface area contributed by atoms with Crippen molar-refractivity contribution in [3.8, 4) is 22.8 Å². The van der Waals surface area contributed by atoms with Gasteiger partial charge in [0.25, 0.3) is 0 Å². The van der Waals surface area contributed by atoms with Gasteiger partial charge in [-0.3, -0.25) is 9.59 Å². The zero-order chi connectivity index (χ0) is 21.1. The number of aromatic hydroxyl groups is 2. The predicted molar refractivity (Wildman–Crippen MR) is 110 cm³/mol. The maximum Gasteiger partial charge on any atom is 0.306 e. The van der Waals surface area contributed by atoms with Crippen molar-refractivity contribution < 1.29 is 24.2 Å². The quantitative estimate of drug-likeness (QED) is 0.593.